The Morgan fingerprint density at radius 3 is 1.88 bits per heavy atom. The molecule has 1 N–H and O–H groups in total. The SMILES string of the molecule is CCCCC(CCCC)C(C)(NC)OCCC. The van der Waals surface area contributed by atoms with Crippen molar-refractivity contribution in [2.45, 2.75) is 78.4 Å². The van der Waals surface area contributed by atoms with E-state index in [0.717, 1.165) is 13.0 Å². The molecule has 2 nitrogen and oxygen atoms in total. The standard InChI is InChI=1S/C15H33NO/c1-6-9-11-14(12-10-7-2)15(4,16-5)17-13-8-3/h14,16H,6-13H2,1-5H3. The van der Waals surface area contributed by atoms with E-state index in [1.54, 1.807) is 0 Å². The largest absolute Gasteiger partial charge is 0.361 e. The molecule has 0 aliphatic rings. The Balaban J connectivity index is 4.44. The molecule has 0 rings (SSSR count). The maximum Gasteiger partial charge on any atom is 0.118 e. The fourth-order valence-corrected chi connectivity index (χ4v) is 2.30. The van der Waals surface area contributed by atoms with Crippen molar-refractivity contribution in [3.05, 3.63) is 0 Å². The average Bonchev–Trinajstić information content (AvgIpc) is 2.36. The van der Waals surface area contributed by atoms with Crippen LogP contribution in [0.15, 0.2) is 0 Å². The first-order valence-corrected chi connectivity index (χ1v) is 7.47. The van der Waals surface area contributed by atoms with Crippen molar-refractivity contribution in [1.82, 2.24) is 5.32 Å². The number of nitrogens with one attached hydrogen (secondary N) is 1. The lowest BCUT2D eigenvalue weighted by atomic mass is 9.87. The average molecular weight is 243 g/mol. The van der Waals surface area contributed by atoms with Gasteiger partial charge < -0.3 is 4.74 Å². The molecule has 0 aromatic rings. The van der Waals surface area contributed by atoms with E-state index in [1.807, 2.05) is 7.05 Å². The molecule has 2 heteroatoms. The minimum atomic E-state index is -0.139. The first kappa shape index (κ1) is 16.9. The summed E-state index contributed by atoms with van der Waals surface area (Å²) in [5, 5.41) is 3.41. The van der Waals surface area contributed by atoms with Gasteiger partial charge in [-0.25, -0.2) is 0 Å². The molecule has 0 saturated carbocycles. The van der Waals surface area contributed by atoms with Gasteiger partial charge in [0, 0.05) is 12.5 Å². The van der Waals surface area contributed by atoms with Gasteiger partial charge in [-0.1, -0.05) is 46.5 Å². The minimum Gasteiger partial charge on any atom is -0.361 e. The molecule has 1 unspecified atom stereocenters. The molecule has 0 aromatic carbocycles. The van der Waals surface area contributed by atoms with Crippen molar-refractivity contribution in [1.29, 1.82) is 0 Å². The van der Waals surface area contributed by atoms with Crippen LogP contribution in [0.1, 0.15) is 72.6 Å². The molecule has 0 aliphatic heterocycles. The molecule has 17 heavy (non-hydrogen) atoms. The molecule has 0 saturated heterocycles. The van der Waals surface area contributed by atoms with Crippen LogP contribution in [0.4, 0.5) is 0 Å². The van der Waals surface area contributed by atoms with Crippen LogP contribution in [0.5, 0.6) is 0 Å². The van der Waals surface area contributed by atoms with E-state index < -0.39 is 0 Å². The number of hydrogen-bond acceptors (Lipinski definition) is 2. The quantitative estimate of drug-likeness (QED) is 0.545. The predicted molar refractivity (Wildman–Crippen MR) is 76.2 cm³/mol. The summed E-state index contributed by atoms with van der Waals surface area (Å²) in [5.41, 5.74) is -0.139. The molecule has 104 valence electrons. The van der Waals surface area contributed by atoms with Crippen molar-refractivity contribution in [3.8, 4) is 0 Å². The highest BCUT2D eigenvalue weighted by Crippen LogP contribution is 2.29. The van der Waals surface area contributed by atoms with Crippen LogP contribution < -0.4 is 5.32 Å². The number of unbranched alkanes of at least 4 members (excludes halogenated alkanes) is 2. The number of rotatable bonds is 11. The lowest BCUT2D eigenvalue weighted by Crippen LogP contribution is -2.49. The van der Waals surface area contributed by atoms with Crippen LogP contribution in [0.2, 0.25) is 0 Å². The third kappa shape index (κ3) is 6.42. The van der Waals surface area contributed by atoms with Crippen LogP contribution in [0.3, 0.4) is 0 Å². The summed E-state index contributed by atoms with van der Waals surface area (Å²) >= 11 is 0. The predicted octanol–water partition coefficient (Wildman–Crippen LogP) is 4.35. The van der Waals surface area contributed by atoms with Gasteiger partial charge in [-0.05, 0) is 33.2 Å². The van der Waals surface area contributed by atoms with E-state index in [2.05, 4.69) is 33.0 Å². The highest BCUT2D eigenvalue weighted by molar-refractivity contribution is 4.80. The second-order valence-corrected chi connectivity index (χ2v) is 5.19. The normalized spacial score (nSPS) is 15.2. The van der Waals surface area contributed by atoms with Crippen molar-refractivity contribution in [2.24, 2.45) is 5.92 Å². The number of hydrogen-bond donors (Lipinski definition) is 1. The zero-order chi connectivity index (χ0) is 13.1. The molecule has 0 aromatic heterocycles. The smallest absolute Gasteiger partial charge is 0.118 e. The van der Waals surface area contributed by atoms with Crippen molar-refractivity contribution < 1.29 is 4.74 Å². The highest BCUT2D eigenvalue weighted by Gasteiger charge is 2.32. The van der Waals surface area contributed by atoms with Crippen molar-refractivity contribution >= 4 is 0 Å². The van der Waals surface area contributed by atoms with Gasteiger partial charge in [0.25, 0.3) is 0 Å². The second-order valence-electron chi connectivity index (χ2n) is 5.19. The van der Waals surface area contributed by atoms with Gasteiger partial charge in [0.2, 0.25) is 0 Å². The molecule has 0 bridgehead atoms. The van der Waals surface area contributed by atoms with Gasteiger partial charge in [-0.2, -0.15) is 0 Å². The molecule has 0 amide bonds. The molecule has 0 fully saturated rings. The van der Waals surface area contributed by atoms with Crippen LogP contribution >= 0.6 is 0 Å². The van der Waals surface area contributed by atoms with Crippen molar-refractivity contribution in [2.75, 3.05) is 13.7 Å². The molecule has 1 atom stereocenters. The minimum absolute atomic E-state index is 0.139. The molecule has 0 spiro atoms. The van der Waals surface area contributed by atoms with E-state index in [9.17, 15) is 0 Å². The Kier molecular flexibility index (Phi) is 9.85. The van der Waals surface area contributed by atoms with Gasteiger partial charge in [0.15, 0.2) is 0 Å². The first-order valence-electron chi connectivity index (χ1n) is 7.47. The van der Waals surface area contributed by atoms with E-state index in [1.165, 1.54) is 38.5 Å². The summed E-state index contributed by atoms with van der Waals surface area (Å²) in [5.74, 6) is 0.638. The van der Waals surface area contributed by atoms with E-state index in [-0.39, 0.29) is 5.72 Å². The first-order chi connectivity index (χ1) is 8.14. The van der Waals surface area contributed by atoms with E-state index >= 15 is 0 Å². The summed E-state index contributed by atoms with van der Waals surface area (Å²) in [4.78, 5) is 0. The maximum absolute atomic E-state index is 6.07. The van der Waals surface area contributed by atoms with E-state index in [4.69, 9.17) is 4.74 Å². The fourth-order valence-electron chi connectivity index (χ4n) is 2.30. The van der Waals surface area contributed by atoms with Gasteiger partial charge in [0.1, 0.15) is 5.72 Å². The van der Waals surface area contributed by atoms with Gasteiger partial charge in [0.05, 0.1) is 0 Å². The highest BCUT2D eigenvalue weighted by atomic mass is 16.5. The zero-order valence-corrected chi connectivity index (χ0v) is 12.6. The van der Waals surface area contributed by atoms with Crippen LogP contribution in [-0.2, 0) is 4.74 Å². The topological polar surface area (TPSA) is 21.3 Å². The van der Waals surface area contributed by atoms with Crippen molar-refractivity contribution in [3.63, 3.8) is 0 Å². The summed E-state index contributed by atoms with van der Waals surface area (Å²) in [7, 11) is 2.03. The van der Waals surface area contributed by atoms with Crippen LogP contribution in [0.25, 0.3) is 0 Å². The lowest BCUT2D eigenvalue weighted by Gasteiger charge is -2.38. The maximum atomic E-state index is 6.07. The Labute approximate surface area is 109 Å². The molecule has 0 aliphatic carbocycles. The third-order valence-electron chi connectivity index (χ3n) is 3.69. The van der Waals surface area contributed by atoms with Crippen LogP contribution in [0, 0.1) is 5.92 Å². The van der Waals surface area contributed by atoms with Crippen LogP contribution in [-0.4, -0.2) is 19.4 Å². The third-order valence-corrected chi connectivity index (χ3v) is 3.69. The van der Waals surface area contributed by atoms with Gasteiger partial charge in [-0.3, -0.25) is 5.32 Å². The fraction of sp³-hybridized carbons (Fsp3) is 1.00. The Bertz CT molecular complexity index is 164. The summed E-state index contributed by atoms with van der Waals surface area (Å²) in [6.45, 7) is 9.77. The molecular weight excluding hydrogens is 210 g/mol. The Morgan fingerprint density at radius 1 is 1.00 bits per heavy atom. The monoisotopic (exact) mass is 243 g/mol. The molecular formula is C15H33NO. The van der Waals surface area contributed by atoms with E-state index in [0.29, 0.717) is 5.92 Å². The Morgan fingerprint density at radius 2 is 1.53 bits per heavy atom. The Hall–Kier alpha value is -0.0800. The lowest BCUT2D eigenvalue weighted by molar-refractivity contribution is -0.0988. The summed E-state index contributed by atoms with van der Waals surface area (Å²) < 4.78 is 6.07. The molecule has 0 heterocycles. The summed E-state index contributed by atoms with van der Waals surface area (Å²) in [6.07, 6.45) is 8.80. The number of ether oxygens (including phenoxy) is 1. The van der Waals surface area contributed by atoms with Gasteiger partial charge in [-0.15, -0.1) is 0 Å². The molecule has 0 radical (unpaired) electrons. The second kappa shape index (κ2) is 9.90. The van der Waals surface area contributed by atoms with Gasteiger partial charge >= 0.3 is 0 Å². The zero-order valence-electron chi connectivity index (χ0n) is 12.6. The summed E-state index contributed by atoms with van der Waals surface area (Å²) in [6, 6.07) is 0.